The zero-order chi connectivity index (χ0) is 18.9. The molecule has 142 valence electrons. The quantitative estimate of drug-likeness (QED) is 0.730. The van der Waals surface area contributed by atoms with E-state index in [1.165, 1.54) is 37.7 Å². The number of nitrogens with one attached hydrogen (secondary N) is 1. The highest BCUT2D eigenvalue weighted by Gasteiger charge is 2.19. The molecule has 0 atom stereocenters. The highest BCUT2D eigenvalue weighted by atomic mass is 32.2. The van der Waals surface area contributed by atoms with Crippen molar-refractivity contribution in [1.29, 1.82) is 0 Å². The molecular formula is C20H24N4O2S. The van der Waals surface area contributed by atoms with Crippen LogP contribution >= 0.6 is 0 Å². The van der Waals surface area contributed by atoms with Crippen LogP contribution in [0.3, 0.4) is 0 Å². The van der Waals surface area contributed by atoms with Crippen LogP contribution in [0.25, 0.3) is 11.2 Å². The van der Waals surface area contributed by atoms with Crippen LogP contribution in [0.15, 0.2) is 47.5 Å². The third-order valence-corrected chi connectivity index (χ3v) is 6.82. The van der Waals surface area contributed by atoms with Crippen LogP contribution in [0.1, 0.15) is 49.4 Å². The second-order valence-electron chi connectivity index (χ2n) is 7.16. The molecule has 0 spiro atoms. The van der Waals surface area contributed by atoms with Gasteiger partial charge in [0.1, 0.15) is 11.3 Å². The molecular weight excluding hydrogens is 360 g/mol. The Morgan fingerprint density at radius 1 is 1.11 bits per heavy atom. The highest BCUT2D eigenvalue weighted by molar-refractivity contribution is 7.89. The van der Waals surface area contributed by atoms with E-state index in [2.05, 4.69) is 14.7 Å². The predicted octanol–water partition coefficient (Wildman–Crippen LogP) is 3.49. The van der Waals surface area contributed by atoms with Gasteiger partial charge in [-0.2, -0.15) is 0 Å². The second kappa shape index (κ2) is 7.40. The number of hydrogen-bond donors (Lipinski definition) is 1. The molecule has 27 heavy (non-hydrogen) atoms. The van der Waals surface area contributed by atoms with Crippen molar-refractivity contribution in [1.82, 2.24) is 19.3 Å². The molecule has 0 radical (unpaired) electrons. The molecule has 2 heterocycles. The van der Waals surface area contributed by atoms with Crippen LogP contribution in [0.2, 0.25) is 0 Å². The number of sulfonamides is 1. The van der Waals surface area contributed by atoms with Crippen molar-refractivity contribution in [3.05, 3.63) is 54.0 Å². The molecule has 0 bridgehead atoms. The van der Waals surface area contributed by atoms with Gasteiger partial charge in [0.05, 0.1) is 11.4 Å². The fourth-order valence-corrected chi connectivity index (χ4v) is 4.81. The second-order valence-corrected chi connectivity index (χ2v) is 8.93. The first-order valence-electron chi connectivity index (χ1n) is 9.40. The molecule has 1 aromatic carbocycles. The molecule has 0 unspecified atom stereocenters. The van der Waals surface area contributed by atoms with Gasteiger partial charge < -0.3 is 4.57 Å². The summed E-state index contributed by atoms with van der Waals surface area (Å²) in [5, 5.41) is 0. The first-order valence-corrected chi connectivity index (χ1v) is 10.9. The fourth-order valence-electron chi connectivity index (χ4n) is 3.83. The van der Waals surface area contributed by atoms with Crippen LogP contribution < -0.4 is 4.72 Å². The molecule has 6 nitrogen and oxygen atoms in total. The van der Waals surface area contributed by atoms with E-state index in [0.717, 1.165) is 11.2 Å². The number of fused-ring (bicyclic) bond motifs is 1. The normalized spacial score (nSPS) is 16.0. The molecule has 3 aromatic rings. The summed E-state index contributed by atoms with van der Waals surface area (Å²) in [5.41, 5.74) is 2.74. The lowest BCUT2D eigenvalue weighted by Gasteiger charge is -2.22. The van der Waals surface area contributed by atoms with E-state index in [1.54, 1.807) is 18.3 Å². The van der Waals surface area contributed by atoms with E-state index < -0.39 is 10.0 Å². The predicted molar refractivity (Wildman–Crippen MR) is 105 cm³/mol. The topological polar surface area (TPSA) is 76.9 Å². The highest BCUT2D eigenvalue weighted by Crippen LogP contribution is 2.32. The number of benzene rings is 1. The van der Waals surface area contributed by atoms with Crippen LogP contribution in [0, 0.1) is 0 Å². The lowest BCUT2D eigenvalue weighted by atomic mass is 9.84. The van der Waals surface area contributed by atoms with Gasteiger partial charge in [-0.25, -0.2) is 23.1 Å². The van der Waals surface area contributed by atoms with Gasteiger partial charge in [-0.1, -0.05) is 31.4 Å². The van der Waals surface area contributed by atoms with Gasteiger partial charge in [0.15, 0.2) is 5.65 Å². The lowest BCUT2D eigenvalue weighted by Crippen LogP contribution is -2.24. The minimum Gasteiger partial charge on any atom is -0.315 e. The van der Waals surface area contributed by atoms with E-state index in [-0.39, 0.29) is 6.54 Å². The van der Waals surface area contributed by atoms with Crippen LogP contribution in [-0.4, -0.2) is 23.0 Å². The minimum atomic E-state index is -3.58. The van der Waals surface area contributed by atoms with Crippen molar-refractivity contribution < 1.29 is 8.42 Å². The molecule has 1 aliphatic rings. The number of nitrogens with zero attached hydrogens (tertiary/aromatic N) is 3. The van der Waals surface area contributed by atoms with Crippen LogP contribution in [0.4, 0.5) is 0 Å². The maximum absolute atomic E-state index is 12.7. The molecule has 0 amide bonds. The summed E-state index contributed by atoms with van der Waals surface area (Å²) in [6.45, 7) is 0.125. The summed E-state index contributed by atoms with van der Waals surface area (Å²) in [6, 6.07) is 11.0. The zero-order valence-corrected chi connectivity index (χ0v) is 16.2. The maximum atomic E-state index is 12.7. The zero-order valence-electron chi connectivity index (χ0n) is 15.4. The van der Waals surface area contributed by atoms with Crippen molar-refractivity contribution in [2.45, 2.75) is 49.5 Å². The Morgan fingerprint density at radius 2 is 1.85 bits per heavy atom. The molecule has 7 heteroatoms. The van der Waals surface area contributed by atoms with Gasteiger partial charge in [0.25, 0.3) is 0 Å². The first kappa shape index (κ1) is 18.1. The van der Waals surface area contributed by atoms with E-state index >= 15 is 0 Å². The summed E-state index contributed by atoms with van der Waals surface area (Å²) in [7, 11) is -1.75. The number of aromatic nitrogens is 3. The Morgan fingerprint density at radius 3 is 2.56 bits per heavy atom. The Bertz CT molecular complexity index is 1040. The summed E-state index contributed by atoms with van der Waals surface area (Å²) >= 11 is 0. The SMILES string of the molecule is Cn1c(CNS(=O)(=O)c2ccc(C3CCCCC3)cc2)nc2cccnc21. The number of aryl methyl sites for hydroxylation is 1. The molecule has 1 aliphatic carbocycles. The van der Waals surface area contributed by atoms with Crippen molar-refractivity contribution in [2.24, 2.45) is 7.05 Å². The Kier molecular flexibility index (Phi) is 4.97. The lowest BCUT2D eigenvalue weighted by molar-refractivity contribution is 0.443. The maximum Gasteiger partial charge on any atom is 0.240 e. The average molecular weight is 385 g/mol. The van der Waals surface area contributed by atoms with Crippen molar-refractivity contribution >= 4 is 21.2 Å². The van der Waals surface area contributed by atoms with Crippen LogP contribution in [0.5, 0.6) is 0 Å². The van der Waals surface area contributed by atoms with E-state index in [9.17, 15) is 8.42 Å². The molecule has 0 aliphatic heterocycles. The van der Waals surface area contributed by atoms with Crippen molar-refractivity contribution in [3.8, 4) is 0 Å². The van der Waals surface area contributed by atoms with E-state index in [1.807, 2.05) is 35.9 Å². The average Bonchev–Trinajstić information content (AvgIpc) is 3.03. The smallest absolute Gasteiger partial charge is 0.240 e. The third kappa shape index (κ3) is 3.75. The Labute approximate surface area is 159 Å². The van der Waals surface area contributed by atoms with Crippen LogP contribution in [-0.2, 0) is 23.6 Å². The molecule has 1 saturated carbocycles. The molecule has 1 N–H and O–H groups in total. The van der Waals surface area contributed by atoms with Gasteiger partial charge in [0, 0.05) is 13.2 Å². The summed E-state index contributed by atoms with van der Waals surface area (Å²) in [5.74, 6) is 1.20. The summed E-state index contributed by atoms with van der Waals surface area (Å²) in [4.78, 5) is 9.03. The van der Waals surface area contributed by atoms with Gasteiger partial charge in [0.2, 0.25) is 10.0 Å². The minimum absolute atomic E-state index is 0.125. The fraction of sp³-hybridized carbons (Fsp3) is 0.400. The van der Waals surface area contributed by atoms with Gasteiger partial charge >= 0.3 is 0 Å². The largest absolute Gasteiger partial charge is 0.315 e. The number of imidazole rings is 1. The third-order valence-electron chi connectivity index (χ3n) is 5.41. The van der Waals surface area contributed by atoms with Gasteiger partial charge in [-0.05, 0) is 48.6 Å². The number of hydrogen-bond acceptors (Lipinski definition) is 4. The standard InChI is InChI=1S/C20H24N4O2S/c1-24-19(23-18-8-5-13-21-20(18)24)14-22-27(25,26)17-11-9-16(10-12-17)15-6-3-2-4-7-15/h5,8-13,15,22H,2-4,6-7,14H2,1H3. The molecule has 1 fully saturated rings. The van der Waals surface area contributed by atoms with Gasteiger partial charge in [-0.3, -0.25) is 0 Å². The summed E-state index contributed by atoms with van der Waals surface area (Å²) in [6.07, 6.45) is 7.94. The Hall–Kier alpha value is -2.25. The molecule has 0 saturated heterocycles. The first-order chi connectivity index (χ1) is 13.0. The number of rotatable bonds is 5. The molecule has 4 rings (SSSR count). The van der Waals surface area contributed by atoms with Crippen molar-refractivity contribution in [2.75, 3.05) is 0 Å². The monoisotopic (exact) mass is 384 g/mol. The Balaban J connectivity index is 1.48. The summed E-state index contributed by atoms with van der Waals surface area (Å²) < 4.78 is 29.8. The van der Waals surface area contributed by atoms with Crippen molar-refractivity contribution in [3.63, 3.8) is 0 Å². The molecule has 2 aromatic heterocycles. The van der Waals surface area contributed by atoms with E-state index in [4.69, 9.17) is 0 Å². The number of pyridine rings is 1. The van der Waals surface area contributed by atoms with Gasteiger partial charge in [-0.15, -0.1) is 0 Å². The van der Waals surface area contributed by atoms with E-state index in [0.29, 0.717) is 16.6 Å².